The SMILES string of the molecule is CC1=CC(C2CCN(CCO)CC2)=CN2C1=NC(c1ccc(C)c(C=N)c1)=CC2=C1CCC1.CCCC. The third-order valence-electron chi connectivity index (χ3n) is 8.03. The third kappa shape index (κ3) is 6.22. The van der Waals surface area contributed by atoms with Gasteiger partial charge in [0.2, 0.25) is 0 Å². The Morgan fingerprint density at radius 1 is 1.08 bits per heavy atom. The molecular weight excluding hydrogens is 456 g/mol. The molecule has 4 aliphatic rings. The van der Waals surface area contributed by atoms with Gasteiger partial charge in [0.25, 0.3) is 0 Å². The van der Waals surface area contributed by atoms with E-state index in [2.05, 4.69) is 67.1 Å². The van der Waals surface area contributed by atoms with Gasteiger partial charge in [-0.3, -0.25) is 0 Å². The number of aliphatic imine (C=N–C) groups is 1. The molecule has 2 N–H and O–H groups in total. The number of piperidine rings is 1. The van der Waals surface area contributed by atoms with Crippen molar-refractivity contribution in [2.75, 3.05) is 26.2 Å². The summed E-state index contributed by atoms with van der Waals surface area (Å²) in [5, 5.41) is 17.0. The van der Waals surface area contributed by atoms with E-state index in [0.29, 0.717) is 5.92 Å². The highest BCUT2D eigenvalue weighted by Crippen LogP contribution is 2.40. The highest BCUT2D eigenvalue weighted by Gasteiger charge is 2.31. The Kier molecular flexibility index (Phi) is 9.33. The number of benzene rings is 1. The van der Waals surface area contributed by atoms with Crippen molar-refractivity contribution in [3.05, 3.63) is 75.7 Å². The molecule has 0 aromatic heterocycles. The van der Waals surface area contributed by atoms with Crippen LogP contribution in [0.25, 0.3) is 5.70 Å². The molecule has 1 aromatic rings. The quantitative estimate of drug-likeness (QED) is 0.420. The highest BCUT2D eigenvalue weighted by molar-refractivity contribution is 6.06. The Hall–Kier alpha value is -2.76. The minimum absolute atomic E-state index is 0.244. The molecule has 198 valence electrons. The lowest BCUT2D eigenvalue weighted by molar-refractivity contribution is 0.157. The van der Waals surface area contributed by atoms with Crippen LogP contribution in [0.2, 0.25) is 0 Å². The van der Waals surface area contributed by atoms with Gasteiger partial charge in [-0.05, 0) is 105 Å². The topological polar surface area (TPSA) is 62.9 Å². The number of aryl methyl sites for hydroxylation is 1. The second kappa shape index (κ2) is 12.7. The van der Waals surface area contributed by atoms with Crippen LogP contribution in [0.15, 0.2) is 64.0 Å². The normalized spacial score (nSPS) is 20.1. The Morgan fingerprint density at radius 2 is 1.81 bits per heavy atom. The molecule has 0 bridgehead atoms. The van der Waals surface area contributed by atoms with E-state index < -0.39 is 0 Å². The van der Waals surface area contributed by atoms with Crippen LogP contribution in [0.3, 0.4) is 0 Å². The third-order valence-corrected chi connectivity index (χ3v) is 8.03. The molecule has 37 heavy (non-hydrogen) atoms. The van der Waals surface area contributed by atoms with Crippen LogP contribution in [0.1, 0.15) is 82.4 Å². The van der Waals surface area contributed by atoms with E-state index in [1.165, 1.54) is 47.9 Å². The maximum atomic E-state index is 9.25. The molecular formula is C32H44N4O. The standard InChI is InChI=1S/C28H34N4O.C4H10/c1-19-6-7-23(15-24(19)17-29)26-16-27(22-4-3-5-22)32-18-25(14-20(2)28(32)30-26)21-8-10-31(11-9-21)12-13-33;1-3-4-2/h6-7,14-18,21,29,33H,3-5,8-13H2,1-2H3;3-4H2,1-2H3. The second-order valence-electron chi connectivity index (χ2n) is 10.7. The van der Waals surface area contributed by atoms with Crippen molar-refractivity contribution in [3.8, 4) is 0 Å². The van der Waals surface area contributed by atoms with Crippen molar-refractivity contribution in [1.29, 1.82) is 5.41 Å². The monoisotopic (exact) mass is 500 g/mol. The van der Waals surface area contributed by atoms with Crippen LogP contribution < -0.4 is 0 Å². The molecule has 2 fully saturated rings. The Balaban J connectivity index is 0.000000747. The van der Waals surface area contributed by atoms with Gasteiger partial charge in [-0.2, -0.15) is 0 Å². The Labute approximate surface area is 223 Å². The summed E-state index contributed by atoms with van der Waals surface area (Å²) in [6.45, 7) is 11.7. The molecule has 1 saturated heterocycles. The fourth-order valence-corrected chi connectivity index (χ4v) is 5.26. The number of unbranched alkanes of at least 4 members (excludes halogenated alkanes) is 1. The lowest BCUT2D eigenvalue weighted by atomic mass is 9.85. The number of aliphatic hydroxyl groups excluding tert-OH is 1. The fourth-order valence-electron chi connectivity index (χ4n) is 5.26. The van der Waals surface area contributed by atoms with Crippen molar-refractivity contribution >= 4 is 17.7 Å². The van der Waals surface area contributed by atoms with Gasteiger partial charge in [-0.15, -0.1) is 0 Å². The Morgan fingerprint density at radius 3 is 2.41 bits per heavy atom. The van der Waals surface area contributed by atoms with Crippen LogP contribution >= 0.6 is 0 Å². The van der Waals surface area contributed by atoms with Crippen molar-refractivity contribution < 1.29 is 5.11 Å². The Bertz CT molecular complexity index is 1140. The van der Waals surface area contributed by atoms with Gasteiger partial charge in [0.1, 0.15) is 5.84 Å². The maximum Gasteiger partial charge on any atom is 0.140 e. The van der Waals surface area contributed by atoms with Crippen LogP contribution in [-0.2, 0) is 0 Å². The summed E-state index contributed by atoms with van der Waals surface area (Å²) in [4.78, 5) is 9.82. The highest BCUT2D eigenvalue weighted by atomic mass is 16.3. The average Bonchev–Trinajstić information content (AvgIpc) is 2.89. The summed E-state index contributed by atoms with van der Waals surface area (Å²) in [7, 11) is 0. The minimum atomic E-state index is 0.244. The van der Waals surface area contributed by atoms with Gasteiger partial charge in [-0.25, -0.2) is 4.99 Å². The molecule has 5 rings (SSSR count). The minimum Gasteiger partial charge on any atom is -0.395 e. The number of fused-ring (bicyclic) bond motifs is 1. The molecule has 1 aliphatic carbocycles. The van der Waals surface area contributed by atoms with Crippen molar-refractivity contribution in [3.63, 3.8) is 0 Å². The number of hydrogen-bond acceptors (Lipinski definition) is 5. The maximum absolute atomic E-state index is 9.25. The van der Waals surface area contributed by atoms with Gasteiger partial charge in [0.05, 0.1) is 12.3 Å². The summed E-state index contributed by atoms with van der Waals surface area (Å²) < 4.78 is 0. The molecule has 1 aromatic carbocycles. The largest absolute Gasteiger partial charge is 0.395 e. The molecule has 3 aliphatic heterocycles. The molecule has 0 unspecified atom stereocenters. The fraction of sp³-hybridized carbons (Fsp3) is 0.500. The summed E-state index contributed by atoms with van der Waals surface area (Å²) >= 11 is 0. The summed E-state index contributed by atoms with van der Waals surface area (Å²) in [6.07, 6.45) is 16.9. The predicted octanol–water partition coefficient (Wildman–Crippen LogP) is 6.84. The predicted molar refractivity (Wildman–Crippen MR) is 156 cm³/mol. The molecule has 1 saturated carbocycles. The number of likely N-dealkylation sites (tertiary alicyclic amines) is 1. The van der Waals surface area contributed by atoms with Gasteiger partial charge in [0, 0.05) is 30.2 Å². The first kappa shape index (κ1) is 27.3. The van der Waals surface area contributed by atoms with E-state index in [9.17, 15) is 5.11 Å². The molecule has 0 atom stereocenters. The summed E-state index contributed by atoms with van der Waals surface area (Å²) in [6, 6.07) is 6.30. The number of hydrogen-bond donors (Lipinski definition) is 2. The molecule has 5 heteroatoms. The second-order valence-corrected chi connectivity index (χ2v) is 10.7. The van der Waals surface area contributed by atoms with Crippen molar-refractivity contribution in [1.82, 2.24) is 9.80 Å². The van der Waals surface area contributed by atoms with Gasteiger partial charge in [0.15, 0.2) is 0 Å². The van der Waals surface area contributed by atoms with E-state index in [-0.39, 0.29) is 6.61 Å². The number of β-amino-alcohol motifs (C(OH)–C–C–N with tert-alkyl or cyclic N) is 1. The summed E-state index contributed by atoms with van der Waals surface area (Å²) in [5.74, 6) is 1.59. The van der Waals surface area contributed by atoms with Crippen LogP contribution in [-0.4, -0.2) is 53.2 Å². The van der Waals surface area contributed by atoms with Gasteiger partial charge >= 0.3 is 0 Å². The average molecular weight is 501 g/mol. The lowest BCUT2D eigenvalue weighted by Crippen LogP contribution is -2.37. The lowest BCUT2D eigenvalue weighted by Gasteiger charge is -2.38. The molecule has 0 radical (unpaired) electrons. The smallest absolute Gasteiger partial charge is 0.140 e. The zero-order valence-electron chi connectivity index (χ0n) is 23.2. The van der Waals surface area contributed by atoms with E-state index >= 15 is 0 Å². The van der Waals surface area contributed by atoms with Gasteiger partial charge in [-0.1, -0.05) is 44.9 Å². The van der Waals surface area contributed by atoms with E-state index in [1.807, 2.05) is 6.92 Å². The zero-order valence-corrected chi connectivity index (χ0v) is 23.2. The van der Waals surface area contributed by atoms with E-state index in [1.54, 1.807) is 0 Å². The van der Waals surface area contributed by atoms with Crippen LogP contribution in [0.4, 0.5) is 0 Å². The van der Waals surface area contributed by atoms with E-state index in [4.69, 9.17) is 10.4 Å². The molecule has 0 spiro atoms. The van der Waals surface area contributed by atoms with Crippen LogP contribution in [0, 0.1) is 18.3 Å². The van der Waals surface area contributed by atoms with Crippen molar-refractivity contribution in [2.24, 2.45) is 10.9 Å². The molecule has 0 amide bonds. The summed E-state index contributed by atoms with van der Waals surface area (Å²) in [5.41, 5.74) is 9.55. The number of nitrogens with one attached hydrogen (secondary N) is 1. The first-order valence-electron chi connectivity index (χ1n) is 14.2. The first-order valence-corrected chi connectivity index (χ1v) is 14.2. The molecule has 3 heterocycles. The van der Waals surface area contributed by atoms with Crippen LogP contribution in [0.5, 0.6) is 0 Å². The number of nitrogens with zero attached hydrogens (tertiary/aromatic N) is 3. The molecule has 5 nitrogen and oxygen atoms in total. The zero-order chi connectivity index (χ0) is 26.4. The van der Waals surface area contributed by atoms with Crippen molar-refractivity contribution in [2.45, 2.75) is 72.6 Å². The number of rotatable bonds is 6. The number of aliphatic hydroxyl groups is 1. The first-order chi connectivity index (χ1) is 18.0. The number of amidine groups is 1. The van der Waals surface area contributed by atoms with E-state index in [0.717, 1.165) is 73.5 Å². The van der Waals surface area contributed by atoms with Gasteiger partial charge < -0.3 is 20.3 Å². The number of allylic oxidation sites excluding steroid dienone is 4.